The maximum Gasteiger partial charge on any atom is 0.318 e. The van der Waals surface area contributed by atoms with Gasteiger partial charge in [0, 0.05) is 17.7 Å². The summed E-state index contributed by atoms with van der Waals surface area (Å²) in [5, 5.41) is 0. The van der Waals surface area contributed by atoms with Gasteiger partial charge < -0.3 is 11.3 Å². The minimum Gasteiger partial charge on any atom is -0.361 e. The fourth-order valence-corrected chi connectivity index (χ4v) is 1.73. The van der Waals surface area contributed by atoms with Gasteiger partial charge in [-0.2, -0.15) is 4.79 Å². The monoisotopic (exact) mass is 177 g/mol. The van der Waals surface area contributed by atoms with Crippen LogP contribution >= 0.6 is 0 Å². The topological polar surface area (TPSA) is 62.4 Å². The Kier molecular flexibility index (Phi) is 3.18. The molecule has 0 fully saturated rings. The number of nitrogens with zero attached hydrogens (tertiary/aromatic N) is 2. The smallest absolute Gasteiger partial charge is 0.318 e. The molecule has 70 valence electrons. The number of nitrogens with two attached hydrogens (primary N) is 1. The molecule has 1 unspecified atom stereocenters. The Morgan fingerprint density at radius 1 is 1.46 bits per heavy atom. The minimum absolute atomic E-state index is 0.00884. The van der Waals surface area contributed by atoms with Gasteiger partial charge in [0.1, 0.15) is 0 Å². The van der Waals surface area contributed by atoms with Crippen LogP contribution in [0.4, 0.5) is 0 Å². The Balaban J connectivity index is 3.17. The lowest BCUT2D eigenvalue weighted by Gasteiger charge is -2.17. The van der Waals surface area contributed by atoms with Gasteiger partial charge in [-0.25, -0.2) is 0 Å². The second-order valence-corrected chi connectivity index (χ2v) is 3.08. The van der Waals surface area contributed by atoms with Crippen molar-refractivity contribution in [2.24, 2.45) is 5.73 Å². The van der Waals surface area contributed by atoms with Crippen LogP contribution in [-0.4, -0.2) is 16.5 Å². The average molecular weight is 177 g/mol. The van der Waals surface area contributed by atoms with E-state index < -0.39 is 0 Å². The van der Waals surface area contributed by atoms with Crippen molar-refractivity contribution in [1.29, 1.82) is 0 Å². The van der Waals surface area contributed by atoms with E-state index in [1.165, 1.54) is 5.57 Å². The molecule has 2 N–H and O–H groups in total. The van der Waals surface area contributed by atoms with Crippen LogP contribution in [-0.2, 0) is 0 Å². The van der Waals surface area contributed by atoms with Gasteiger partial charge in [0.05, 0.1) is 0 Å². The molecule has 0 heterocycles. The molecule has 0 spiro atoms. The van der Waals surface area contributed by atoms with Crippen LogP contribution in [0.25, 0.3) is 5.53 Å². The molecule has 0 saturated carbocycles. The molecule has 0 aromatic rings. The van der Waals surface area contributed by atoms with Crippen LogP contribution in [0.2, 0.25) is 0 Å². The molecular weight excluding hydrogens is 162 g/mol. The van der Waals surface area contributed by atoms with Gasteiger partial charge in [-0.1, -0.05) is 19.9 Å². The van der Waals surface area contributed by atoms with Gasteiger partial charge >= 0.3 is 5.71 Å². The summed E-state index contributed by atoms with van der Waals surface area (Å²) >= 11 is 0. The van der Waals surface area contributed by atoms with Gasteiger partial charge in [0.15, 0.2) is 0 Å². The molecule has 1 atom stereocenters. The molecule has 1 rings (SSSR count). The fraction of sp³-hybridized carbons (Fsp3) is 0.500. The van der Waals surface area contributed by atoms with Crippen LogP contribution < -0.4 is 5.73 Å². The van der Waals surface area contributed by atoms with E-state index >= 15 is 0 Å². The quantitative estimate of drug-likeness (QED) is 0.506. The number of hydrogen-bond donors (Lipinski definition) is 1. The molecule has 0 radical (unpaired) electrons. The molecule has 1 aliphatic rings. The summed E-state index contributed by atoms with van der Waals surface area (Å²) in [6, 6.07) is -0.00884. The largest absolute Gasteiger partial charge is 0.361 e. The lowest BCUT2D eigenvalue weighted by atomic mass is 9.89. The number of allylic oxidation sites excluding steroid dienone is 2. The van der Waals surface area contributed by atoms with E-state index in [0.29, 0.717) is 5.71 Å². The first-order chi connectivity index (χ1) is 6.24. The zero-order valence-electron chi connectivity index (χ0n) is 8.12. The minimum atomic E-state index is -0.00884. The first kappa shape index (κ1) is 9.90. The van der Waals surface area contributed by atoms with E-state index in [2.05, 4.69) is 11.7 Å². The normalized spacial score (nSPS) is 22.1. The molecule has 0 bridgehead atoms. The van der Waals surface area contributed by atoms with Crippen molar-refractivity contribution in [2.45, 2.75) is 32.7 Å². The van der Waals surface area contributed by atoms with Crippen LogP contribution in [0.5, 0.6) is 0 Å². The third-order valence-corrected chi connectivity index (χ3v) is 2.40. The molecule has 0 aromatic carbocycles. The summed E-state index contributed by atoms with van der Waals surface area (Å²) in [6.45, 7) is 4.11. The summed E-state index contributed by atoms with van der Waals surface area (Å²) in [7, 11) is 0. The van der Waals surface area contributed by atoms with E-state index in [1.54, 1.807) is 6.08 Å². The summed E-state index contributed by atoms with van der Waals surface area (Å²) in [4.78, 5) is 3.25. The van der Waals surface area contributed by atoms with Crippen molar-refractivity contribution in [1.82, 2.24) is 0 Å². The highest BCUT2D eigenvalue weighted by molar-refractivity contribution is 6.06. The van der Waals surface area contributed by atoms with Crippen LogP contribution in [0.3, 0.4) is 0 Å². The Morgan fingerprint density at radius 2 is 2.15 bits per heavy atom. The highest BCUT2D eigenvalue weighted by atomic mass is 14.9. The summed E-state index contributed by atoms with van der Waals surface area (Å²) < 4.78 is 0. The second kappa shape index (κ2) is 4.17. The maximum atomic E-state index is 8.75. The molecule has 0 saturated heterocycles. The van der Waals surface area contributed by atoms with Crippen molar-refractivity contribution in [3.63, 3.8) is 0 Å². The van der Waals surface area contributed by atoms with Crippen LogP contribution in [0.15, 0.2) is 23.3 Å². The predicted molar refractivity (Wildman–Crippen MR) is 53.3 cm³/mol. The van der Waals surface area contributed by atoms with Crippen molar-refractivity contribution < 1.29 is 4.79 Å². The van der Waals surface area contributed by atoms with E-state index in [0.717, 1.165) is 18.4 Å². The standard InChI is InChI=1S/C10H15N3/c1-3-7-8(4-2)10(13-12)6-5-9(7)11/h5-6,9H,3-4,11H2,1-2H3. The maximum absolute atomic E-state index is 8.75. The van der Waals surface area contributed by atoms with Crippen molar-refractivity contribution in [3.05, 3.63) is 28.8 Å². The van der Waals surface area contributed by atoms with Crippen molar-refractivity contribution in [2.75, 3.05) is 0 Å². The Bertz CT molecular complexity index is 306. The molecular formula is C10H15N3. The molecule has 0 aliphatic heterocycles. The predicted octanol–water partition coefficient (Wildman–Crippen LogP) is 1.67. The van der Waals surface area contributed by atoms with E-state index in [9.17, 15) is 0 Å². The molecule has 3 heteroatoms. The summed E-state index contributed by atoms with van der Waals surface area (Å²) in [6.07, 6.45) is 5.42. The van der Waals surface area contributed by atoms with E-state index in [-0.39, 0.29) is 6.04 Å². The fourth-order valence-electron chi connectivity index (χ4n) is 1.73. The molecule has 13 heavy (non-hydrogen) atoms. The highest BCUT2D eigenvalue weighted by Crippen LogP contribution is 2.21. The number of hydrogen-bond acceptors (Lipinski definition) is 1. The van der Waals surface area contributed by atoms with E-state index in [1.807, 2.05) is 13.0 Å². The Morgan fingerprint density at radius 3 is 2.62 bits per heavy atom. The second-order valence-electron chi connectivity index (χ2n) is 3.08. The Hall–Kier alpha value is -1.18. The summed E-state index contributed by atoms with van der Waals surface area (Å²) in [5.74, 6) is 0. The van der Waals surface area contributed by atoms with Gasteiger partial charge in [0.2, 0.25) is 0 Å². The summed E-state index contributed by atoms with van der Waals surface area (Å²) in [5.41, 5.74) is 17.6. The SMILES string of the molecule is CCC1=C(CC)C(N)C=CC1=[N+]=[N-]. The molecule has 0 amide bonds. The molecule has 3 nitrogen and oxygen atoms in total. The van der Waals surface area contributed by atoms with E-state index in [4.69, 9.17) is 11.3 Å². The van der Waals surface area contributed by atoms with Gasteiger partial charge in [-0.3, -0.25) is 0 Å². The molecule has 0 aromatic heterocycles. The van der Waals surface area contributed by atoms with Crippen molar-refractivity contribution in [3.8, 4) is 0 Å². The zero-order valence-corrected chi connectivity index (χ0v) is 8.12. The Labute approximate surface area is 78.6 Å². The van der Waals surface area contributed by atoms with Gasteiger partial charge in [-0.05, 0) is 18.4 Å². The van der Waals surface area contributed by atoms with Gasteiger partial charge in [0.25, 0.3) is 0 Å². The highest BCUT2D eigenvalue weighted by Gasteiger charge is 2.22. The lowest BCUT2D eigenvalue weighted by molar-refractivity contribution is -0.00296. The van der Waals surface area contributed by atoms with Crippen LogP contribution in [0.1, 0.15) is 26.7 Å². The van der Waals surface area contributed by atoms with Gasteiger partial charge in [-0.15, -0.1) is 0 Å². The third kappa shape index (κ3) is 1.77. The first-order valence-corrected chi connectivity index (χ1v) is 4.62. The third-order valence-electron chi connectivity index (χ3n) is 2.40. The average Bonchev–Trinajstić information content (AvgIpc) is 2.17. The zero-order chi connectivity index (χ0) is 9.84. The number of rotatable bonds is 2. The van der Waals surface area contributed by atoms with Crippen molar-refractivity contribution >= 4 is 5.71 Å². The lowest BCUT2D eigenvalue weighted by Crippen LogP contribution is -2.26. The molecule has 1 aliphatic carbocycles. The first-order valence-electron chi connectivity index (χ1n) is 4.62. The van der Waals surface area contributed by atoms with Crippen LogP contribution in [0, 0.1) is 0 Å².